The van der Waals surface area contributed by atoms with Crippen molar-refractivity contribution in [3.05, 3.63) is 75.2 Å². The Balaban J connectivity index is 1.62. The summed E-state index contributed by atoms with van der Waals surface area (Å²) in [4.78, 5) is 42.3. The summed E-state index contributed by atoms with van der Waals surface area (Å²) in [6.07, 6.45) is 2.51. The Morgan fingerprint density at radius 3 is 2.72 bits per heavy atom. The van der Waals surface area contributed by atoms with Crippen LogP contribution in [0.25, 0.3) is 10.9 Å². The number of amides is 1. The van der Waals surface area contributed by atoms with Crippen LogP contribution in [-0.2, 0) is 17.8 Å². The zero-order chi connectivity index (χ0) is 17.6. The van der Waals surface area contributed by atoms with E-state index < -0.39 is 11.2 Å². The van der Waals surface area contributed by atoms with Gasteiger partial charge in [-0.1, -0.05) is 18.2 Å². The number of fused-ring (bicyclic) bond motifs is 1. The van der Waals surface area contributed by atoms with Gasteiger partial charge >= 0.3 is 5.69 Å². The number of aryl methyl sites for hydroxylation is 1. The molecule has 7 heteroatoms. The number of H-pyrrole nitrogens is 1. The van der Waals surface area contributed by atoms with E-state index in [0.717, 1.165) is 5.69 Å². The molecule has 1 aromatic carbocycles. The topological polar surface area (TPSA) is 96.9 Å². The summed E-state index contributed by atoms with van der Waals surface area (Å²) in [5, 5.41) is 3.24. The lowest BCUT2D eigenvalue weighted by Gasteiger charge is -2.09. The molecule has 128 valence electrons. The Bertz CT molecular complexity index is 992. The lowest BCUT2D eigenvalue weighted by atomic mass is 10.2. The lowest BCUT2D eigenvalue weighted by Crippen LogP contribution is -2.33. The number of aromatic amines is 1. The molecule has 0 fully saturated rings. The van der Waals surface area contributed by atoms with Crippen molar-refractivity contribution in [1.82, 2.24) is 19.9 Å². The number of rotatable bonds is 6. The van der Waals surface area contributed by atoms with Crippen molar-refractivity contribution in [2.24, 2.45) is 0 Å². The summed E-state index contributed by atoms with van der Waals surface area (Å²) in [5.41, 5.74) is 0.504. The van der Waals surface area contributed by atoms with Gasteiger partial charge in [0.25, 0.3) is 5.56 Å². The van der Waals surface area contributed by atoms with Crippen molar-refractivity contribution in [3.8, 4) is 0 Å². The Kier molecular flexibility index (Phi) is 5.03. The second kappa shape index (κ2) is 7.57. The zero-order valence-electron chi connectivity index (χ0n) is 13.6. The summed E-state index contributed by atoms with van der Waals surface area (Å²) in [5.74, 6) is -0.155. The van der Waals surface area contributed by atoms with E-state index in [1.54, 1.807) is 30.5 Å². The highest BCUT2D eigenvalue weighted by Crippen LogP contribution is 2.07. The van der Waals surface area contributed by atoms with Crippen molar-refractivity contribution in [2.45, 2.75) is 19.4 Å². The molecule has 0 bridgehead atoms. The maximum atomic E-state index is 12.0. The number of carbonyl (C=O) groups excluding carboxylic acids is 1. The average Bonchev–Trinajstić information content (AvgIpc) is 2.62. The number of nitrogens with one attached hydrogen (secondary N) is 2. The third-order valence-corrected chi connectivity index (χ3v) is 3.90. The van der Waals surface area contributed by atoms with Crippen molar-refractivity contribution >= 4 is 16.8 Å². The highest BCUT2D eigenvalue weighted by Gasteiger charge is 2.08. The quantitative estimate of drug-likeness (QED) is 0.696. The predicted molar refractivity (Wildman–Crippen MR) is 94.4 cm³/mol. The molecule has 25 heavy (non-hydrogen) atoms. The molecule has 2 heterocycles. The molecule has 0 atom stereocenters. The zero-order valence-corrected chi connectivity index (χ0v) is 13.6. The van der Waals surface area contributed by atoms with E-state index in [0.29, 0.717) is 23.9 Å². The molecule has 3 aromatic rings. The third-order valence-electron chi connectivity index (χ3n) is 3.90. The van der Waals surface area contributed by atoms with Gasteiger partial charge in [0.1, 0.15) is 0 Å². The molecule has 0 aliphatic rings. The molecular weight excluding hydrogens is 320 g/mol. The van der Waals surface area contributed by atoms with Gasteiger partial charge in [0.15, 0.2) is 0 Å². The SMILES string of the molecule is O=C(CCn1c(=O)[nH]c(=O)c2ccccc21)NCCc1ccccn1. The minimum Gasteiger partial charge on any atom is -0.356 e. The number of carbonyl (C=O) groups is 1. The van der Waals surface area contributed by atoms with Gasteiger partial charge in [0, 0.05) is 37.8 Å². The van der Waals surface area contributed by atoms with E-state index in [-0.39, 0.29) is 18.9 Å². The van der Waals surface area contributed by atoms with Crippen molar-refractivity contribution in [3.63, 3.8) is 0 Å². The molecule has 0 aliphatic heterocycles. The van der Waals surface area contributed by atoms with Crippen LogP contribution in [0.4, 0.5) is 0 Å². The van der Waals surface area contributed by atoms with Crippen LogP contribution in [-0.4, -0.2) is 27.0 Å². The summed E-state index contributed by atoms with van der Waals surface area (Å²) < 4.78 is 1.41. The van der Waals surface area contributed by atoms with Gasteiger partial charge < -0.3 is 5.32 Å². The molecule has 2 N–H and O–H groups in total. The molecule has 0 radical (unpaired) electrons. The molecule has 0 spiro atoms. The molecular formula is C18H18N4O3. The molecule has 0 aliphatic carbocycles. The maximum absolute atomic E-state index is 12.0. The van der Waals surface area contributed by atoms with E-state index in [1.807, 2.05) is 18.2 Å². The Hall–Kier alpha value is -3.22. The Labute approximate surface area is 143 Å². The van der Waals surface area contributed by atoms with E-state index in [2.05, 4.69) is 15.3 Å². The summed E-state index contributed by atoms with van der Waals surface area (Å²) >= 11 is 0. The lowest BCUT2D eigenvalue weighted by molar-refractivity contribution is -0.121. The van der Waals surface area contributed by atoms with Gasteiger partial charge in [-0.3, -0.25) is 24.1 Å². The second-order valence-electron chi connectivity index (χ2n) is 5.60. The standard InChI is InChI=1S/C18H18N4O3/c23-16(20-11-8-13-5-3-4-10-19-13)9-12-22-15-7-2-1-6-14(15)17(24)21-18(22)25/h1-7,10H,8-9,11-12H2,(H,20,23)(H,21,24,25). The fraction of sp³-hybridized carbons (Fsp3) is 0.222. The number of nitrogens with zero attached hydrogens (tertiary/aromatic N) is 2. The minimum atomic E-state index is -0.509. The van der Waals surface area contributed by atoms with Crippen LogP contribution in [0.5, 0.6) is 0 Å². The Morgan fingerprint density at radius 2 is 1.92 bits per heavy atom. The van der Waals surface area contributed by atoms with Crippen LogP contribution < -0.4 is 16.6 Å². The molecule has 1 amide bonds. The summed E-state index contributed by atoms with van der Waals surface area (Å²) in [6, 6.07) is 12.5. The van der Waals surface area contributed by atoms with Gasteiger partial charge in [0.2, 0.25) is 5.91 Å². The van der Waals surface area contributed by atoms with Crippen LogP contribution in [0, 0.1) is 0 Å². The second-order valence-corrected chi connectivity index (χ2v) is 5.60. The number of aromatic nitrogens is 3. The molecule has 0 saturated carbocycles. The Morgan fingerprint density at radius 1 is 1.12 bits per heavy atom. The third kappa shape index (κ3) is 4.00. The van der Waals surface area contributed by atoms with E-state index in [4.69, 9.17) is 0 Å². The minimum absolute atomic E-state index is 0.151. The van der Waals surface area contributed by atoms with E-state index in [1.165, 1.54) is 4.57 Å². The fourth-order valence-electron chi connectivity index (χ4n) is 2.64. The molecule has 2 aromatic heterocycles. The van der Waals surface area contributed by atoms with E-state index in [9.17, 15) is 14.4 Å². The van der Waals surface area contributed by atoms with Gasteiger partial charge in [-0.2, -0.15) is 0 Å². The largest absolute Gasteiger partial charge is 0.356 e. The molecule has 0 unspecified atom stereocenters. The van der Waals surface area contributed by atoms with Gasteiger partial charge in [-0.15, -0.1) is 0 Å². The first kappa shape index (κ1) is 16.6. The highest BCUT2D eigenvalue weighted by atomic mass is 16.2. The smallest absolute Gasteiger partial charge is 0.328 e. The van der Waals surface area contributed by atoms with Gasteiger partial charge in [-0.25, -0.2) is 4.79 Å². The first-order valence-corrected chi connectivity index (χ1v) is 8.03. The molecule has 3 rings (SSSR count). The number of hydrogen-bond donors (Lipinski definition) is 2. The maximum Gasteiger partial charge on any atom is 0.328 e. The molecule has 7 nitrogen and oxygen atoms in total. The monoisotopic (exact) mass is 338 g/mol. The first-order chi connectivity index (χ1) is 12.1. The van der Waals surface area contributed by atoms with Crippen LogP contribution in [0.1, 0.15) is 12.1 Å². The van der Waals surface area contributed by atoms with Gasteiger partial charge in [-0.05, 0) is 24.3 Å². The number of benzene rings is 1. The van der Waals surface area contributed by atoms with Crippen molar-refractivity contribution in [2.75, 3.05) is 6.54 Å². The van der Waals surface area contributed by atoms with E-state index >= 15 is 0 Å². The number of hydrogen-bond acceptors (Lipinski definition) is 4. The number of para-hydroxylation sites is 1. The highest BCUT2D eigenvalue weighted by molar-refractivity contribution is 5.78. The summed E-state index contributed by atoms with van der Waals surface area (Å²) in [7, 11) is 0. The average molecular weight is 338 g/mol. The fourth-order valence-corrected chi connectivity index (χ4v) is 2.64. The van der Waals surface area contributed by atoms with Crippen molar-refractivity contribution in [1.29, 1.82) is 0 Å². The van der Waals surface area contributed by atoms with Crippen molar-refractivity contribution < 1.29 is 4.79 Å². The molecule has 0 saturated heterocycles. The van der Waals surface area contributed by atoms with Crippen LogP contribution >= 0.6 is 0 Å². The number of pyridine rings is 1. The normalized spacial score (nSPS) is 10.7. The first-order valence-electron chi connectivity index (χ1n) is 8.03. The van der Waals surface area contributed by atoms with Crippen LogP contribution in [0.2, 0.25) is 0 Å². The van der Waals surface area contributed by atoms with Crippen LogP contribution in [0.3, 0.4) is 0 Å². The predicted octanol–water partition coefficient (Wildman–Crippen LogP) is 0.834. The summed E-state index contributed by atoms with van der Waals surface area (Å²) in [6.45, 7) is 0.683. The van der Waals surface area contributed by atoms with Crippen LogP contribution in [0.15, 0.2) is 58.3 Å². The van der Waals surface area contributed by atoms with Gasteiger partial charge in [0.05, 0.1) is 10.9 Å².